The molecule has 0 bridgehead atoms. The van der Waals surface area contributed by atoms with Crippen molar-refractivity contribution in [3.8, 4) is 0 Å². The standard InChI is InChI=1S/F6S.O2S/c1-7(2,3,4,5)6;1-3-2. The lowest BCUT2D eigenvalue weighted by atomic mass is 15.9. The van der Waals surface area contributed by atoms with Gasteiger partial charge in [0.15, 0.2) is 0 Å². The Labute approximate surface area is 54.8 Å². The lowest BCUT2D eigenvalue weighted by Gasteiger charge is -2.28. The van der Waals surface area contributed by atoms with Gasteiger partial charge in [-0.1, -0.05) is 23.3 Å². The first-order valence-electron chi connectivity index (χ1n) is 1.26. The van der Waals surface area contributed by atoms with Gasteiger partial charge in [-0.15, -0.1) is 0 Å². The van der Waals surface area contributed by atoms with Crippen LogP contribution in [0.2, 0.25) is 0 Å². The molecule has 0 spiro atoms. The highest BCUT2D eigenvalue weighted by atomic mass is 32.5. The van der Waals surface area contributed by atoms with Crippen molar-refractivity contribution >= 4 is 22.2 Å². The molecule has 0 saturated heterocycles. The lowest BCUT2D eigenvalue weighted by Crippen LogP contribution is -1.92. The van der Waals surface area contributed by atoms with Crippen LogP contribution in [0.15, 0.2) is 0 Å². The summed E-state index contributed by atoms with van der Waals surface area (Å²) in [6.45, 7) is 0. The predicted molar refractivity (Wildman–Crippen MR) is 23.2 cm³/mol. The molecule has 0 aromatic rings. The number of halogens is 6. The minimum absolute atomic E-state index is 0.750. The maximum atomic E-state index is 9.85. The van der Waals surface area contributed by atoms with E-state index in [4.69, 9.17) is 8.42 Å². The fourth-order valence-electron chi connectivity index (χ4n) is 0. The first-order valence-corrected chi connectivity index (χ1v) is 3.78. The van der Waals surface area contributed by atoms with E-state index in [-0.39, 0.29) is 0 Å². The molecule has 0 aromatic carbocycles. The summed E-state index contributed by atoms with van der Waals surface area (Å²) in [5, 5.41) is 0. The molecule has 2 nitrogen and oxygen atoms in total. The van der Waals surface area contributed by atoms with Crippen LogP contribution >= 0.6 is 10.6 Å². The molecule has 0 aliphatic carbocycles. The SMILES string of the molecule is FS(F)(F)(F)(F)F.O=S=O. The first kappa shape index (κ1) is 12.4. The van der Waals surface area contributed by atoms with Crippen LogP contribution in [0.3, 0.4) is 0 Å². The average Bonchev–Trinajstić information content (AvgIpc) is 1.20. The number of rotatable bonds is 0. The highest BCUT2D eigenvalue weighted by Gasteiger charge is 2.64. The van der Waals surface area contributed by atoms with E-state index in [1.165, 1.54) is 0 Å². The zero-order valence-electron chi connectivity index (χ0n) is 3.90. The molecule has 0 radical (unpaired) electrons. The van der Waals surface area contributed by atoms with Crippen molar-refractivity contribution in [1.82, 2.24) is 0 Å². The van der Waals surface area contributed by atoms with Crippen LogP contribution in [0.25, 0.3) is 0 Å². The summed E-state index contributed by atoms with van der Waals surface area (Å²) < 4.78 is 75.7. The molecule has 0 aromatic heterocycles. The van der Waals surface area contributed by atoms with Crippen molar-refractivity contribution in [2.45, 2.75) is 0 Å². The molecule has 10 heteroatoms. The average molecular weight is 210 g/mol. The smallest absolute Gasteiger partial charge is 0.168 e. The van der Waals surface area contributed by atoms with Gasteiger partial charge in [0.25, 0.3) is 0 Å². The van der Waals surface area contributed by atoms with Crippen molar-refractivity contribution in [2.75, 3.05) is 0 Å². The van der Waals surface area contributed by atoms with Crippen molar-refractivity contribution in [3.05, 3.63) is 0 Å². The number of hydrogen-bond donors (Lipinski definition) is 0. The maximum absolute atomic E-state index is 10.5. The maximum Gasteiger partial charge on any atom is 0.431 e. The van der Waals surface area contributed by atoms with Gasteiger partial charge < -0.3 is 0 Å². The molecule has 0 aliphatic rings. The summed E-state index contributed by atoms with van der Waals surface area (Å²) in [7, 11) is -10.5. The zero-order valence-corrected chi connectivity index (χ0v) is 5.53. The van der Waals surface area contributed by atoms with Crippen molar-refractivity contribution < 1.29 is 31.7 Å². The summed E-state index contributed by atoms with van der Waals surface area (Å²) in [4.78, 5) is 0. The van der Waals surface area contributed by atoms with E-state index in [0.29, 0.717) is 0 Å². The van der Waals surface area contributed by atoms with Gasteiger partial charge in [-0.2, -0.15) is 8.42 Å². The second kappa shape index (κ2) is 2.12. The van der Waals surface area contributed by atoms with Gasteiger partial charge in [-0.25, -0.2) is 0 Å². The third kappa shape index (κ3) is 5650. The number of hydrogen-bond acceptors (Lipinski definition) is 2. The molecule has 10 heavy (non-hydrogen) atoms. The van der Waals surface area contributed by atoms with Gasteiger partial charge in [0, 0.05) is 0 Å². The van der Waals surface area contributed by atoms with E-state index in [2.05, 4.69) is 0 Å². The van der Waals surface area contributed by atoms with Crippen LogP contribution in [0.4, 0.5) is 23.3 Å². The topological polar surface area (TPSA) is 34.1 Å². The van der Waals surface area contributed by atoms with Crippen LogP contribution in [0.1, 0.15) is 0 Å². The highest BCUT2D eigenvalue weighted by molar-refractivity contribution is 8.41. The third-order valence-corrected chi connectivity index (χ3v) is 0. The Morgan fingerprint density at radius 3 is 0.800 bits per heavy atom. The Morgan fingerprint density at radius 2 is 0.800 bits per heavy atom. The fraction of sp³-hybridized carbons (Fsp3) is 0. The van der Waals surface area contributed by atoms with Gasteiger partial charge in [0.05, 0.1) is 0 Å². The summed E-state index contributed by atoms with van der Waals surface area (Å²) in [6, 6.07) is 0. The Balaban J connectivity index is 0. The minimum Gasteiger partial charge on any atom is -0.168 e. The van der Waals surface area contributed by atoms with Crippen LogP contribution in [-0.2, 0) is 11.6 Å². The van der Waals surface area contributed by atoms with E-state index in [1.54, 1.807) is 0 Å². The Kier molecular flexibility index (Phi) is 2.63. The summed E-state index contributed by atoms with van der Waals surface area (Å²) in [5.41, 5.74) is 0. The Morgan fingerprint density at radius 1 is 0.800 bits per heavy atom. The van der Waals surface area contributed by atoms with E-state index >= 15 is 0 Å². The van der Waals surface area contributed by atoms with Gasteiger partial charge in [0.1, 0.15) is 0 Å². The molecular weight excluding hydrogens is 210 g/mol. The van der Waals surface area contributed by atoms with Crippen LogP contribution in [0.5, 0.6) is 0 Å². The Hall–Kier alpha value is -0.250. The second-order valence-corrected chi connectivity index (χ2v) is 2.83. The van der Waals surface area contributed by atoms with Gasteiger partial charge in [0.2, 0.25) is 0 Å². The molecule has 0 rings (SSSR count). The summed E-state index contributed by atoms with van der Waals surface area (Å²) in [5.74, 6) is 0. The monoisotopic (exact) mass is 210 g/mol. The van der Waals surface area contributed by atoms with E-state index in [0.717, 1.165) is 0 Å². The largest absolute Gasteiger partial charge is 0.431 e. The van der Waals surface area contributed by atoms with Gasteiger partial charge in [-0.05, 0) is 0 Å². The fourth-order valence-corrected chi connectivity index (χ4v) is 0. The van der Waals surface area contributed by atoms with Crippen LogP contribution < -0.4 is 0 Å². The highest BCUT2D eigenvalue weighted by Crippen LogP contribution is 2.99. The zero-order chi connectivity index (χ0) is 9.12. The minimum atomic E-state index is -10.5. The van der Waals surface area contributed by atoms with E-state index < -0.39 is 22.2 Å². The molecule has 0 atom stereocenters. The molecule has 66 valence electrons. The molecule has 0 N–H and O–H groups in total. The summed E-state index contributed by atoms with van der Waals surface area (Å²) in [6.07, 6.45) is 0. The van der Waals surface area contributed by atoms with E-state index in [9.17, 15) is 23.3 Å². The normalized spacial score (nSPS) is 17.4. The van der Waals surface area contributed by atoms with Gasteiger partial charge >= 0.3 is 22.2 Å². The molecule has 0 aliphatic heterocycles. The molecule has 0 unspecified atom stereocenters. The summed E-state index contributed by atoms with van der Waals surface area (Å²) >= 11 is -0.750. The first-order chi connectivity index (χ1) is 3.86. The molecule has 0 amide bonds. The van der Waals surface area contributed by atoms with Crippen molar-refractivity contribution in [1.29, 1.82) is 0 Å². The van der Waals surface area contributed by atoms with Crippen LogP contribution in [0, 0.1) is 0 Å². The Bertz CT molecular complexity index is 130. The van der Waals surface area contributed by atoms with E-state index in [1.807, 2.05) is 0 Å². The molecule has 0 heterocycles. The third-order valence-electron chi connectivity index (χ3n) is 0. The second-order valence-electron chi connectivity index (χ2n) is 0.943. The van der Waals surface area contributed by atoms with Crippen LogP contribution in [-0.4, -0.2) is 8.42 Å². The molecule has 0 saturated carbocycles. The van der Waals surface area contributed by atoms with Crippen molar-refractivity contribution in [2.24, 2.45) is 0 Å². The molecule has 0 fully saturated rings. The quantitative estimate of drug-likeness (QED) is 0.575. The van der Waals surface area contributed by atoms with Gasteiger partial charge in [-0.3, -0.25) is 0 Å². The predicted octanol–water partition coefficient (Wildman–Crippen LogP) is 2.50. The van der Waals surface area contributed by atoms with Crippen molar-refractivity contribution in [3.63, 3.8) is 0 Å². The lowest BCUT2D eigenvalue weighted by molar-refractivity contribution is 0.291. The molecular formula is F6O2S2.